The summed E-state index contributed by atoms with van der Waals surface area (Å²) in [6.45, 7) is 13.4. The highest BCUT2D eigenvalue weighted by Crippen LogP contribution is 2.40. The van der Waals surface area contributed by atoms with Crippen molar-refractivity contribution in [1.82, 2.24) is 9.97 Å². The zero-order valence-electron chi connectivity index (χ0n) is 30.2. The van der Waals surface area contributed by atoms with Crippen molar-refractivity contribution in [3.8, 4) is 67.0 Å². The van der Waals surface area contributed by atoms with E-state index in [9.17, 15) is 0 Å². The van der Waals surface area contributed by atoms with Gasteiger partial charge in [-0.1, -0.05) is 155 Å². The Labute approximate surface area is 311 Å². The van der Waals surface area contributed by atoms with Crippen LogP contribution >= 0.6 is 15.9 Å². The van der Waals surface area contributed by atoms with Gasteiger partial charge in [-0.25, -0.2) is 0 Å². The van der Waals surface area contributed by atoms with Crippen LogP contribution in [0, 0.1) is 0 Å². The summed E-state index contributed by atoms with van der Waals surface area (Å²) in [5.41, 5.74) is 16.4. The summed E-state index contributed by atoms with van der Waals surface area (Å²) in [6.07, 6.45) is 3.84. The first-order valence-electron chi connectivity index (χ1n) is 17.6. The van der Waals surface area contributed by atoms with E-state index in [0.29, 0.717) is 0 Å². The fourth-order valence-electron chi connectivity index (χ4n) is 6.62. The van der Waals surface area contributed by atoms with Crippen LogP contribution in [-0.4, -0.2) is 9.97 Å². The van der Waals surface area contributed by atoms with E-state index in [2.05, 4.69) is 207 Å². The van der Waals surface area contributed by atoms with Crippen molar-refractivity contribution in [3.05, 3.63) is 168 Å². The van der Waals surface area contributed by atoms with Crippen LogP contribution in [0.15, 0.2) is 156 Å². The number of pyridine rings is 2. The minimum absolute atomic E-state index is 0.0708. The predicted octanol–water partition coefficient (Wildman–Crippen LogP) is 13.8. The van der Waals surface area contributed by atoms with Crippen LogP contribution in [0.2, 0.25) is 0 Å². The van der Waals surface area contributed by atoms with Crippen molar-refractivity contribution in [2.24, 2.45) is 0 Å². The maximum absolute atomic E-state index is 4.69. The molecule has 0 unspecified atom stereocenters. The van der Waals surface area contributed by atoms with Crippen molar-refractivity contribution in [1.29, 1.82) is 0 Å². The Morgan fingerprint density at radius 3 is 1.06 bits per heavy atom. The smallest absolute Gasteiger partial charge is 0.0704 e. The van der Waals surface area contributed by atoms with Crippen LogP contribution in [0.1, 0.15) is 52.7 Å². The van der Waals surface area contributed by atoms with Gasteiger partial charge in [-0.2, -0.15) is 0 Å². The minimum Gasteiger partial charge on any atom is -0.256 e. The van der Waals surface area contributed by atoms with Gasteiger partial charge in [0.05, 0.1) is 11.4 Å². The van der Waals surface area contributed by atoms with Crippen LogP contribution in [0.25, 0.3) is 67.0 Å². The standard InChI is InChI=1S/C48H43BrN2/c1-47(2,3)38-23-25-50-45(30-38)34-19-15-32(16-20-34)41-11-7-9-13-43(41)36-27-37(29-40(49)28-36)44-14-10-8-12-42(44)33-17-21-35(22-18-33)46-31-39(24-26-51-46)48(4,5)6/h7-31H,1-6H3. The number of nitrogens with zero attached hydrogens (tertiary/aromatic N) is 2. The number of benzene rings is 5. The molecule has 0 aliphatic heterocycles. The average molecular weight is 728 g/mol. The summed E-state index contributed by atoms with van der Waals surface area (Å²) in [4.78, 5) is 9.38. The molecule has 51 heavy (non-hydrogen) atoms. The van der Waals surface area contributed by atoms with E-state index >= 15 is 0 Å². The van der Waals surface area contributed by atoms with Crippen molar-refractivity contribution < 1.29 is 0 Å². The van der Waals surface area contributed by atoms with Crippen LogP contribution in [0.3, 0.4) is 0 Å². The predicted molar refractivity (Wildman–Crippen MR) is 220 cm³/mol. The molecule has 0 N–H and O–H groups in total. The molecule has 0 saturated heterocycles. The summed E-state index contributed by atoms with van der Waals surface area (Å²) in [7, 11) is 0. The van der Waals surface area contributed by atoms with Gasteiger partial charge < -0.3 is 0 Å². The monoisotopic (exact) mass is 726 g/mol. The number of hydrogen-bond donors (Lipinski definition) is 0. The first-order valence-corrected chi connectivity index (χ1v) is 18.4. The molecule has 0 fully saturated rings. The molecular formula is C48H43BrN2. The zero-order chi connectivity index (χ0) is 35.8. The fraction of sp³-hybridized carbons (Fsp3) is 0.167. The van der Waals surface area contributed by atoms with Crippen molar-refractivity contribution in [3.63, 3.8) is 0 Å². The van der Waals surface area contributed by atoms with Gasteiger partial charge in [-0.3, -0.25) is 9.97 Å². The largest absolute Gasteiger partial charge is 0.256 e. The SMILES string of the molecule is CC(C)(C)c1ccnc(-c2ccc(-c3ccccc3-c3cc(Br)cc(-c4ccccc4-c4ccc(-c5cc(C(C)(C)C)ccn5)cc4)c3)cc2)c1. The molecule has 252 valence electrons. The Bertz CT molecular complexity index is 2160. The second-order valence-electron chi connectivity index (χ2n) is 15.3. The van der Waals surface area contributed by atoms with Gasteiger partial charge in [-0.05, 0) is 109 Å². The highest BCUT2D eigenvalue weighted by molar-refractivity contribution is 9.10. The third-order valence-corrected chi connectivity index (χ3v) is 10.1. The quantitative estimate of drug-likeness (QED) is 0.170. The van der Waals surface area contributed by atoms with E-state index in [0.717, 1.165) is 38.1 Å². The number of rotatable bonds is 6. The molecule has 0 radical (unpaired) electrons. The maximum Gasteiger partial charge on any atom is 0.0704 e. The highest BCUT2D eigenvalue weighted by Gasteiger charge is 2.17. The Morgan fingerprint density at radius 2 is 0.706 bits per heavy atom. The van der Waals surface area contributed by atoms with Crippen molar-refractivity contribution >= 4 is 15.9 Å². The van der Waals surface area contributed by atoms with Crippen LogP contribution in [0.5, 0.6) is 0 Å². The Hall–Kier alpha value is -5.12. The van der Waals surface area contributed by atoms with Crippen LogP contribution < -0.4 is 0 Å². The van der Waals surface area contributed by atoms with E-state index in [1.807, 2.05) is 12.4 Å². The number of aromatic nitrogens is 2. The number of halogens is 1. The molecule has 3 heteroatoms. The highest BCUT2D eigenvalue weighted by atomic mass is 79.9. The molecule has 7 aromatic rings. The first-order chi connectivity index (χ1) is 24.4. The summed E-state index contributed by atoms with van der Waals surface area (Å²) >= 11 is 3.87. The first kappa shape index (κ1) is 34.3. The van der Waals surface area contributed by atoms with E-state index in [4.69, 9.17) is 0 Å². The molecule has 0 amide bonds. The lowest BCUT2D eigenvalue weighted by molar-refractivity contribution is 0.589. The second-order valence-corrected chi connectivity index (χ2v) is 16.2. The summed E-state index contributed by atoms with van der Waals surface area (Å²) < 4.78 is 1.04. The summed E-state index contributed by atoms with van der Waals surface area (Å²) in [6, 6.07) is 50.3. The zero-order valence-corrected chi connectivity index (χ0v) is 31.8. The molecule has 0 spiro atoms. The Morgan fingerprint density at radius 1 is 0.373 bits per heavy atom. The van der Waals surface area contributed by atoms with Gasteiger partial charge in [0.25, 0.3) is 0 Å². The van der Waals surface area contributed by atoms with Gasteiger partial charge >= 0.3 is 0 Å². The molecule has 0 bridgehead atoms. The topological polar surface area (TPSA) is 25.8 Å². The van der Waals surface area contributed by atoms with E-state index in [1.54, 1.807) is 0 Å². The minimum atomic E-state index is 0.0708. The van der Waals surface area contributed by atoms with E-state index in [1.165, 1.54) is 44.5 Å². The van der Waals surface area contributed by atoms with Crippen LogP contribution in [0.4, 0.5) is 0 Å². The third kappa shape index (κ3) is 7.50. The van der Waals surface area contributed by atoms with Crippen molar-refractivity contribution in [2.75, 3.05) is 0 Å². The van der Waals surface area contributed by atoms with Crippen molar-refractivity contribution in [2.45, 2.75) is 52.4 Å². The van der Waals surface area contributed by atoms with Gasteiger partial charge in [0.1, 0.15) is 0 Å². The molecule has 0 aliphatic carbocycles. The molecule has 0 atom stereocenters. The Balaban J connectivity index is 1.22. The lowest BCUT2D eigenvalue weighted by Crippen LogP contribution is -2.11. The molecule has 2 aromatic heterocycles. The maximum atomic E-state index is 4.69. The number of hydrogen-bond acceptors (Lipinski definition) is 2. The third-order valence-electron chi connectivity index (χ3n) is 9.61. The normalized spacial score (nSPS) is 11.8. The second kappa shape index (κ2) is 13.9. The van der Waals surface area contributed by atoms with Crippen LogP contribution in [-0.2, 0) is 10.8 Å². The summed E-state index contributed by atoms with van der Waals surface area (Å²) in [5.74, 6) is 0. The summed E-state index contributed by atoms with van der Waals surface area (Å²) in [5, 5.41) is 0. The van der Waals surface area contributed by atoms with Gasteiger partial charge in [0.2, 0.25) is 0 Å². The average Bonchev–Trinajstić information content (AvgIpc) is 3.14. The van der Waals surface area contributed by atoms with E-state index in [-0.39, 0.29) is 10.8 Å². The molecule has 2 heterocycles. The lowest BCUT2D eigenvalue weighted by atomic mass is 9.86. The fourth-order valence-corrected chi connectivity index (χ4v) is 7.12. The molecule has 0 aliphatic rings. The molecule has 5 aromatic carbocycles. The molecular weight excluding hydrogens is 684 g/mol. The molecule has 2 nitrogen and oxygen atoms in total. The van der Waals surface area contributed by atoms with Gasteiger partial charge in [0, 0.05) is 28.0 Å². The molecule has 0 saturated carbocycles. The lowest BCUT2D eigenvalue weighted by Gasteiger charge is -2.19. The molecule has 7 rings (SSSR count). The Kier molecular flexibility index (Phi) is 9.35. The van der Waals surface area contributed by atoms with E-state index < -0.39 is 0 Å². The van der Waals surface area contributed by atoms with Gasteiger partial charge in [0.15, 0.2) is 0 Å². The van der Waals surface area contributed by atoms with Gasteiger partial charge in [-0.15, -0.1) is 0 Å².